The summed E-state index contributed by atoms with van der Waals surface area (Å²) in [7, 11) is 0. The molecule has 7 heteroatoms. The van der Waals surface area contributed by atoms with Crippen LogP contribution < -0.4 is 0 Å². The Morgan fingerprint density at radius 3 is 1.29 bits per heavy atom. The van der Waals surface area contributed by atoms with Crippen molar-refractivity contribution in [3.05, 3.63) is 144 Å². The van der Waals surface area contributed by atoms with E-state index in [4.69, 9.17) is 23.7 Å². The molecule has 1 aliphatic rings. The van der Waals surface area contributed by atoms with Crippen molar-refractivity contribution < 1.29 is 33.9 Å². The van der Waals surface area contributed by atoms with Crippen molar-refractivity contribution in [2.75, 3.05) is 19.8 Å². The van der Waals surface area contributed by atoms with Crippen molar-refractivity contribution in [3.63, 3.8) is 0 Å². The Morgan fingerprint density at radius 1 is 0.489 bits per heavy atom. The lowest BCUT2D eigenvalue weighted by Crippen LogP contribution is -2.61. The van der Waals surface area contributed by atoms with E-state index in [0.717, 1.165) is 22.3 Å². The molecule has 0 bridgehead atoms. The lowest BCUT2D eigenvalue weighted by molar-refractivity contribution is -0.275. The molecule has 0 unspecified atom stereocenters. The highest BCUT2D eigenvalue weighted by Crippen LogP contribution is 2.33. The van der Waals surface area contributed by atoms with Gasteiger partial charge in [0.05, 0.1) is 39.1 Å². The highest BCUT2D eigenvalue weighted by molar-refractivity contribution is 5.16. The molecule has 0 amide bonds. The highest BCUT2D eigenvalue weighted by Gasteiger charge is 2.48. The standard InChI is InChI=1S/C38H44O7/c39-22-33(23-40)21-34-36(42-25-30-15-7-2-8-16-30)38(44-27-32-19-11-4-12-20-32)37(43-26-31-17-9-3-10-18-31)35(45-34)28-41-24-29-13-5-1-6-14-29/h1-20,33-40H,21-28H2/t34-,35+,36-,37+,38+/m0/s1. The van der Waals surface area contributed by atoms with Crippen LogP contribution in [0, 0.1) is 5.92 Å². The molecule has 0 spiro atoms. The molecular weight excluding hydrogens is 568 g/mol. The maximum absolute atomic E-state index is 10.0. The van der Waals surface area contributed by atoms with Crippen LogP contribution in [0.15, 0.2) is 121 Å². The van der Waals surface area contributed by atoms with Crippen molar-refractivity contribution in [1.29, 1.82) is 0 Å². The molecule has 5 atom stereocenters. The molecule has 0 radical (unpaired) electrons. The van der Waals surface area contributed by atoms with Crippen LogP contribution in [-0.2, 0) is 50.1 Å². The van der Waals surface area contributed by atoms with Crippen LogP contribution in [0.5, 0.6) is 0 Å². The quantitative estimate of drug-likeness (QED) is 0.158. The van der Waals surface area contributed by atoms with Crippen LogP contribution in [0.2, 0.25) is 0 Å². The van der Waals surface area contributed by atoms with E-state index in [1.165, 1.54) is 0 Å². The van der Waals surface area contributed by atoms with Gasteiger partial charge in [0.15, 0.2) is 0 Å². The molecule has 4 aromatic carbocycles. The van der Waals surface area contributed by atoms with Gasteiger partial charge in [-0.1, -0.05) is 121 Å². The second kappa shape index (κ2) is 17.9. The number of hydrogen-bond acceptors (Lipinski definition) is 7. The number of benzene rings is 4. The number of hydrogen-bond donors (Lipinski definition) is 2. The SMILES string of the molecule is OCC(CO)C[C@@H]1O[C@H](COCc2ccccc2)[C@@H](OCc2ccccc2)[C@H](OCc2ccccc2)[C@H]1OCc1ccccc1. The Kier molecular flexibility index (Phi) is 13.1. The molecule has 1 fully saturated rings. The largest absolute Gasteiger partial charge is 0.396 e. The fourth-order valence-corrected chi connectivity index (χ4v) is 5.61. The van der Waals surface area contributed by atoms with Crippen molar-refractivity contribution in [2.24, 2.45) is 5.92 Å². The predicted molar refractivity (Wildman–Crippen MR) is 172 cm³/mol. The van der Waals surface area contributed by atoms with Gasteiger partial charge in [0.2, 0.25) is 0 Å². The van der Waals surface area contributed by atoms with E-state index in [2.05, 4.69) is 0 Å². The summed E-state index contributed by atoms with van der Waals surface area (Å²) in [6, 6.07) is 40.1. The first-order valence-electron chi connectivity index (χ1n) is 15.7. The monoisotopic (exact) mass is 612 g/mol. The smallest absolute Gasteiger partial charge is 0.115 e. The van der Waals surface area contributed by atoms with Crippen molar-refractivity contribution in [3.8, 4) is 0 Å². The van der Waals surface area contributed by atoms with Crippen LogP contribution in [-0.4, -0.2) is 60.6 Å². The fourth-order valence-electron chi connectivity index (χ4n) is 5.61. The van der Waals surface area contributed by atoms with Gasteiger partial charge in [-0.25, -0.2) is 0 Å². The van der Waals surface area contributed by atoms with Gasteiger partial charge in [-0.15, -0.1) is 0 Å². The minimum Gasteiger partial charge on any atom is -0.396 e. The Bertz CT molecular complexity index is 1340. The molecule has 5 rings (SSSR count). The third-order valence-corrected chi connectivity index (χ3v) is 8.06. The Balaban J connectivity index is 1.44. The van der Waals surface area contributed by atoms with E-state index < -0.39 is 30.5 Å². The van der Waals surface area contributed by atoms with Gasteiger partial charge in [-0.3, -0.25) is 0 Å². The Hall–Kier alpha value is -3.40. The Morgan fingerprint density at radius 2 is 0.867 bits per heavy atom. The van der Waals surface area contributed by atoms with Gasteiger partial charge in [0.1, 0.15) is 24.4 Å². The van der Waals surface area contributed by atoms with Crippen LogP contribution in [0.4, 0.5) is 0 Å². The zero-order valence-corrected chi connectivity index (χ0v) is 25.6. The summed E-state index contributed by atoms with van der Waals surface area (Å²) in [5.74, 6) is -0.375. The average molecular weight is 613 g/mol. The lowest BCUT2D eigenvalue weighted by Gasteiger charge is -2.47. The zero-order valence-electron chi connectivity index (χ0n) is 25.6. The van der Waals surface area contributed by atoms with Crippen LogP contribution in [0.3, 0.4) is 0 Å². The maximum Gasteiger partial charge on any atom is 0.115 e. The number of aliphatic hydroxyl groups excluding tert-OH is 2. The summed E-state index contributed by atoms with van der Waals surface area (Å²) in [5, 5.41) is 20.1. The van der Waals surface area contributed by atoms with E-state index in [1.54, 1.807) is 0 Å². The number of ether oxygens (including phenoxy) is 5. The summed E-state index contributed by atoms with van der Waals surface area (Å²) in [6.07, 6.45) is -2.18. The minimum atomic E-state index is -0.541. The molecule has 1 heterocycles. The van der Waals surface area contributed by atoms with Gasteiger partial charge in [0, 0.05) is 19.1 Å². The first-order valence-corrected chi connectivity index (χ1v) is 15.7. The molecule has 0 saturated carbocycles. The fraction of sp³-hybridized carbons (Fsp3) is 0.368. The maximum atomic E-state index is 10.0. The van der Waals surface area contributed by atoms with Gasteiger partial charge in [-0.05, 0) is 28.7 Å². The normalized spacial score (nSPS) is 21.6. The molecule has 7 nitrogen and oxygen atoms in total. The molecule has 1 saturated heterocycles. The topological polar surface area (TPSA) is 86.6 Å². The van der Waals surface area contributed by atoms with Crippen LogP contribution in [0.25, 0.3) is 0 Å². The second-order valence-corrected chi connectivity index (χ2v) is 11.5. The predicted octanol–water partition coefficient (Wildman–Crippen LogP) is 5.72. The average Bonchev–Trinajstić information content (AvgIpc) is 3.10. The van der Waals surface area contributed by atoms with Crippen molar-refractivity contribution in [2.45, 2.75) is 63.4 Å². The van der Waals surface area contributed by atoms with Crippen molar-refractivity contribution >= 4 is 0 Å². The van der Waals surface area contributed by atoms with Gasteiger partial charge in [-0.2, -0.15) is 0 Å². The molecule has 4 aromatic rings. The first kappa shape index (κ1) is 33.0. The third-order valence-electron chi connectivity index (χ3n) is 8.06. The number of aliphatic hydroxyl groups is 2. The highest BCUT2D eigenvalue weighted by atomic mass is 16.6. The van der Waals surface area contributed by atoms with Gasteiger partial charge >= 0.3 is 0 Å². The second-order valence-electron chi connectivity index (χ2n) is 11.5. The zero-order chi connectivity index (χ0) is 31.1. The summed E-state index contributed by atoms with van der Waals surface area (Å²) < 4.78 is 33.0. The Labute approximate surface area is 266 Å². The summed E-state index contributed by atoms with van der Waals surface area (Å²) in [6.45, 7) is 1.43. The molecule has 2 N–H and O–H groups in total. The molecule has 1 aliphatic heterocycles. The third kappa shape index (κ3) is 10.0. The lowest BCUT2D eigenvalue weighted by atomic mass is 9.89. The molecule has 238 valence electrons. The van der Waals surface area contributed by atoms with E-state index >= 15 is 0 Å². The minimum absolute atomic E-state index is 0.166. The summed E-state index contributed by atoms with van der Waals surface area (Å²) in [4.78, 5) is 0. The van der Waals surface area contributed by atoms with E-state index in [-0.39, 0.29) is 25.7 Å². The van der Waals surface area contributed by atoms with E-state index in [1.807, 2.05) is 121 Å². The molecule has 0 aromatic heterocycles. The summed E-state index contributed by atoms with van der Waals surface area (Å²) in [5.41, 5.74) is 4.15. The molecule has 0 aliphatic carbocycles. The first-order chi connectivity index (χ1) is 22.2. The van der Waals surface area contributed by atoms with E-state index in [9.17, 15) is 10.2 Å². The van der Waals surface area contributed by atoms with Crippen LogP contribution in [0.1, 0.15) is 28.7 Å². The van der Waals surface area contributed by atoms with Gasteiger partial charge < -0.3 is 33.9 Å². The number of rotatable bonds is 17. The summed E-state index contributed by atoms with van der Waals surface area (Å²) >= 11 is 0. The van der Waals surface area contributed by atoms with Crippen LogP contribution >= 0.6 is 0 Å². The van der Waals surface area contributed by atoms with E-state index in [0.29, 0.717) is 32.8 Å². The van der Waals surface area contributed by atoms with Gasteiger partial charge in [0.25, 0.3) is 0 Å². The van der Waals surface area contributed by atoms with Crippen molar-refractivity contribution in [1.82, 2.24) is 0 Å². The molecule has 45 heavy (non-hydrogen) atoms. The molecular formula is C38H44O7.